The summed E-state index contributed by atoms with van der Waals surface area (Å²) in [6.07, 6.45) is -0.0103. The zero-order valence-corrected chi connectivity index (χ0v) is 10.8. The topological polar surface area (TPSA) is 72.5 Å². The van der Waals surface area contributed by atoms with Crippen molar-refractivity contribution in [2.45, 2.75) is 18.9 Å². The van der Waals surface area contributed by atoms with Gasteiger partial charge < -0.3 is 4.74 Å². The molecule has 0 spiro atoms. The van der Waals surface area contributed by atoms with Gasteiger partial charge in [0, 0.05) is 6.42 Å². The highest BCUT2D eigenvalue weighted by Gasteiger charge is 2.38. The van der Waals surface area contributed by atoms with Crippen molar-refractivity contribution in [2.75, 3.05) is 7.11 Å². The molecule has 0 aliphatic rings. The van der Waals surface area contributed by atoms with Crippen LogP contribution in [0.5, 0.6) is 0 Å². The molecule has 1 aromatic rings. The van der Waals surface area contributed by atoms with Crippen molar-refractivity contribution in [1.29, 1.82) is 0 Å². The van der Waals surface area contributed by atoms with Crippen molar-refractivity contribution in [3.05, 3.63) is 35.9 Å². The van der Waals surface area contributed by atoms with Gasteiger partial charge in [-0.25, -0.2) is 0 Å². The summed E-state index contributed by atoms with van der Waals surface area (Å²) < 4.78 is 40.2. The van der Waals surface area contributed by atoms with Crippen LogP contribution in [0.3, 0.4) is 0 Å². The van der Waals surface area contributed by atoms with Crippen LogP contribution in [0.15, 0.2) is 30.3 Å². The molecule has 100 valence electrons. The predicted octanol–water partition coefficient (Wildman–Crippen LogP) is 0.965. The first-order chi connectivity index (χ1) is 8.27. The van der Waals surface area contributed by atoms with E-state index < -0.39 is 21.9 Å². The minimum Gasteiger partial charge on any atom is -0.468 e. The van der Waals surface area contributed by atoms with E-state index in [1.807, 2.05) is 0 Å². The van der Waals surface area contributed by atoms with Gasteiger partial charge in [-0.15, -0.1) is 0 Å². The summed E-state index contributed by atoms with van der Waals surface area (Å²) in [7, 11) is -3.90. The molecule has 0 radical (unpaired) electrons. The highest BCUT2D eigenvalue weighted by molar-refractivity contribution is 7.84. The lowest BCUT2D eigenvalue weighted by Crippen LogP contribution is -2.53. The number of hydrogen-bond donors (Lipinski definition) is 1. The molecule has 0 aromatic heterocycles. The standard InChI is InChI=1S/C11H14FNO4S/c1-11(10(14)17-2,13-18(12,15)16)8-9-6-4-3-5-7-9/h3-7,13H,8H2,1-2H3/t11-/m0/s1. The van der Waals surface area contributed by atoms with Gasteiger partial charge in [-0.05, 0) is 12.5 Å². The number of benzene rings is 1. The van der Waals surface area contributed by atoms with E-state index in [0.29, 0.717) is 5.56 Å². The van der Waals surface area contributed by atoms with Crippen LogP contribution in [0, 0.1) is 0 Å². The van der Waals surface area contributed by atoms with Crippen molar-refractivity contribution < 1.29 is 21.8 Å². The summed E-state index contributed by atoms with van der Waals surface area (Å²) in [5.41, 5.74) is -0.995. The Morgan fingerprint density at radius 1 is 1.39 bits per heavy atom. The first-order valence-corrected chi connectivity index (χ1v) is 6.51. The lowest BCUT2D eigenvalue weighted by atomic mass is 9.94. The molecule has 0 saturated heterocycles. The number of carbonyl (C=O) groups excluding carboxylic acids is 1. The first-order valence-electron chi connectivity index (χ1n) is 5.13. The predicted molar refractivity (Wildman–Crippen MR) is 63.7 cm³/mol. The minimum atomic E-state index is -5.01. The van der Waals surface area contributed by atoms with E-state index in [4.69, 9.17) is 0 Å². The second kappa shape index (κ2) is 5.45. The molecule has 0 amide bonds. The fraction of sp³-hybridized carbons (Fsp3) is 0.364. The smallest absolute Gasteiger partial charge is 0.373 e. The van der Waals surface area contributed by atoms with Crippen molar-refractivity contribution >= 4 is 16.4 Å². The van der Waals surface area contributed by atoms with E-state index in [-0.39, 0.29) is 6.42 Å². The average molecular weight is 275 g/mol. The molecule has 0 bridgehead atoms. The van der Waals surface area contributed by atoms with Crippen LogP contribution < -0.4 is 4.72 Å². The van der Waals surface area contributed by atoms with Crippen LogP contribution in [0.1, 0.15) is 12.5 Å². The number of hydrogen-bond acceptors (Lipinski definition) is 4. The Morgan fingerprint density at radius 2 is 1.94 bits per heavy atom. The quantitative estimate of drug-likeness (QED) is 0.642. The molecule has 0 aliphatic heterocycles. The minimum absolute atomic E-state index is 0.0103. The first kappa shape index (κ1) is 14.6. The van der Waals surface area contributed by atoms with Crippen LogP contribution in [-0.2, 0) is 26.4 Å². The van der Waals surface area contributed by atoms with E-state index in [1.165, 1.54) is 6.92 Å². The third-order valence-corrected chi connectivity index (χ3v) is 3.08. The van der Waals surface area contributed by atoms with E-state index in [0.717, 1.165) is 7.11 Å². The Kier molecular flexibility index (Phi) is 4.42. The summed E-state index contributed by atoms with van der Waals surface area (Å²) in [4.78, 5) is 11.6. The fourth-order valence-electron chi connectivity index (χ4n) is 1.65. The number of carbonyl (C=O) groups is 1. The molecule has 0 unspecified atom stereocenters. The highest BCUT2D eigenvalue weighted by Crippen LogP contribution is 2.16. The molecule has 0 heterocycles. The molecular weight excluding hydrogens is 261 g/mol. The van der Waals surface area contributed by atoms with Crippen LogP contribution in [0.4, 0.5) is 3.89 Å². The highest BCUT2D eigenvalue weighted by atomic mass is 32.3. The van der Waals surface area contributed by atoms with Crippen LogP contribution in [0.25, 0.3) is 0 Å². The molecule has 7 heteroatoms. The zero-order chi connectivity index (χ0) is 13.8. The van der Waals surface area contributed by atoms with Gasteiger partial charge in [-0.1, -0.05) is 34.2 Å². The number of esters is 1. The Hall–Kier alpha value is -1.47. The Bertz CT molecular complexity index is 517. The number of methoxy groups -OCH3 is 1. The van der Waals surface area contributed by atoms with Crippen molar-refractivity contribution in [3.8, 4) is 0 Å². The van der Waals surface area contributed by atoms with Gasteiger partial charge in [-0.2, -0.15) is 13.1 Å². The van der Waals surface area contributed by atoms with Gasteiger partial charge in [-0.3, -0.25) is 4.79 Å². The third kappa shape index (κ3) is 4.08. The Labute approximate surface area is 105 Å². The van der Waals surface area contributed by atoms with Gasteiger partial charge in [0.05, 0.1) is 7.11 Å². The van der Waals surface area contributed by atoms with Crippen LogP contribution >= 0.6 is 0 Å². The van der Waals surface area contributed by atoms with Gasteiger partial charge in [0.15, 0.2) is 0 Å². The largest absolute Gasteiger partial charge is 0.468 e. The zero-order valence-electron chi connectivity index (χ0n) is 10.0. The lowest BCUT2D eigenvalue weighted by Gasteiger charge is -2.25. The maximum absolute atomic E-state index is 12.7. The van der Waals surface area contributed by atoms with E-state index in [2.05, 4.69) is 4.74 Å². The van der Waals surface area contributed by atoms with Gasteiger partial charge in [0.1, 0.15) is 5.54 Å². The van der Waals surface area contributed by atoms with Gasteiger partial charge in [0.2, 0.25) is 0 Å². The molecular formula is C11H14FNO4S. The normalized spacial score (nSPS) is 14.8. The van der Waals surface area contributed by atoms with Crippen molar-refractivity contribution in [2.24, 2.45) is 0 Å². The summed E-state index contributed by atoms with van der Waals surface area (Å²) in [6, 6.07) is 8.65. The van der Waals surface area contributed by atoms with E-state index in [1.54, 1.807) is 35.1 Å². The number of halogens is 1. The molecule has 0 aliphatic carbocycles. The Morgan fingerprint density at radius 3 is 2.39 bits per heavy atom. The number of ether oxygens (including phenoxy) is 1. The molecule has 0 saturated carbocycles. The maximum Gasteiger partial charge on any atom is 0.373 e. The second-order valence-corrected chi connectivity index (χ2v) is 5.11. The molecule has 1 rings (SSSR count). The summed E-state index contributed by atoms with van der Waals surface area (Å²) >= 11 is 0. The van der Waals surface area contributed by atoms with Gasteiger partial charge in [0.25, 0.3) is 0 Å². The summed E-state index contributed by atoms with van der Waals surface area (Å²) in [6.45, 7) is 1.27. The molecule has 18 heavy (non-hydrogen) atoms. The fourth-order valence-corrected chi connectivity index (χ4v) is 2.34. The molecule has 5 nitrogen and oxygen atoms in total. The summed E-state index contributed by atoms with van der Waals surface area (Å²) in [5, 5.41) is 0. The number of nitrogens with one attached hydrogen (secondary N) is 1. The third-order valence-electron chi connectivity index (χ3n) is 2.38. The molecule has 1 aromatic carbocycles. The maximum atomic E-state index is 12.7. The second-order valence-electron chi connectivity index (χ2n) is 4.03. The Balaban J connectivity index is 3.02. The van der Waals surface area contributed by atoms with Crippen molar-refractivity contribution in [3.63, 3.8) is 0 Å². The average Bonchev–Trinajstić information content (AvgIpc) is 2.26. The molecule has 1 N–H and O–H groups in total. The lowest BCUT2D eigenvalue weighted by molar-refractivity contribution is -0.147. The number of rotatable bonds is 5. The monoisotopic (exact) mass is 275 g/mol. The van der Waals surface area contributed by atoms with Crippen LogP contribution in [0.2, 0.25) is 0 Å². The molecule has 0 fully saturated rings. The molecule has 1 atom stereocenters. The SMILES string of the molecule is COC(=O)[C@](C)(Cc1ccccc1)NS(=O)(=O)F. The van der Waals surface area contributed by atoms with E-state index in [9.17, 15) is 17.1 Å². The van der Waals surface area contributed by atoms with Gasteiger partial charge >= 0.3 is 16.4 Å². The summed E-state index contributed by atoms with van der Waals surface area (Å²) in [5.74, 6) is -0.854. The van der Waals surface area contributed by atoms with Crippen LogP contribution in [-0.4, -0.2) is 27.0 Å². The van der Waals surface area contributed by atoms with E-state index >= 15 is 0 Å². The van der Waals surface area contributed by atoms with Crippen molar-refractivity contribution in [1.82, 2.24) is 4.72 Å².